The first-order valence-electron chi connectivity index (χ1n) is 12.3. The van der Waals surface area contributed by atoms with Crippen molar-refractivity contribution in [3.8, 4) is 5.69 Å². The molecule has 4 aromatic rings. The Hall–Kier alpha value is -3.33. The summed E-state index contributed by atoms with van der Waals surface area (Å²) in [5, 5.41) is 5.65. The normalized spacial score (nSPS) is 14.3. The maximum Gasteiger partial charge on any atom is 0.255 e. The Morgan fingerprint density at radius 2 is 1.81 bits per heavy atom. The first-order chi connectivity index (χ1) is 17.5. The maximum atomic E-state index is 13.6. The number of anilines is 1. The van der Waals surface area contributed by atoms with Gasteiger partial charge in [0.05, 0.1) is 22.3 Å². The highest BCUT2D eigenvalue weighted by Gasteiger charge is 2.26. The molecule has 186 valence electrons. The lowest BCUT2D eigenvalue weighted by Gasteiger charge is -2.24. The average molecular weight is 551 g/mol. The van der Waals surface area contributed by atoms with Crippen LogP contribution in [0.25, 0.3) is 16.7 Å². The number of aryl methyl sites for hydroxylation is 2. The average Bonchev–Trinajstić information content (AvgIpc) is 3.04. The van der Waals surface area contributed by atoms with E-state index in [0.717, 1.165) is 64.3 Å². The van der Waals surface area contributed by atoms with Gasteiger partial charge in [0.15, 0.2) is 5.65 Å². The van der Waals surface area contributed by atoms with E-state index >= 15 is 0 Å². The van der Waals surface area contributed by atoms with E-state index in [0.29, 0.717) is 25.2 Å². The number of hydrogen-bond donors (Lipinski definition) is 0. The zero-order valence-corrected chi connectivity index (χ0v) is 22.0. The van der Waals surface area contributed by atoms with Gasteiger partial charge in [0.2, 0.25) is 0 Å². The summed E-state index contributed by atoms with van der Waals surface area (Å²) in [7, 11) is 0. The molecule has 1 aliphatic rings. The Bertz CT molecular complexity index is 1400. The van der Waals surface area contributed by atoms with E-state index in [1.54, 1.807) is 16.8 Å². The minimum absolute atomic E-state index is 0.0316. The van der Waals surface area contributed by atoms with Crippen LogP contribution in [0.4, 0.5) is 10.2 Å². The Labute approximate surface area is 218 Å². The molecule has 2 aromatic carbocycles. The molecule has 0 bridgehead atoms. The van der Waals surface area contributed by atoms with Crippen molar-refractivity contribution in [2.45, 2.75) is 33.1 Å². The van der Waals surface area contributed by atoms with Crippen molar-refractivity contribution in [2.75, 3.05) is 31.1 Å². The van der Waals surface area contributed by atoms with Gasteiger partial charge >= 0.3 is 0 Å². The van der Waals surface area contributed by atoms with E-state index in [9.17, 15) is 9.18 Å². The van der Waals surface area contributed by atoms with Crippen molar-refractivity contribution >= 4 is 38.7 Å². The number of amides is 1. The maximum absolute atomic E-state index is 13.6. The van der Waals surface area contributed by atoms with Crippen LogP contribution in [0.15, 0.2) is 53.0 Å². The summed E-state index contributed by atoms with van der Waals surface area (Å²) in [6, 6.07) is 13.8. The van der Waals surface area contributed by atoms with E-state index < -0.39 is 0 Å². The van der Waals surface area contributed by atoms with E-state index in [1.165, 1.54) is 12.1 Å². The van der Waals surface area contributed by atoms with Gasteiger partial charge < -0.3 is 9.80 Å². The molecule has 1 amide bonds. The molecule has 36 heavy (non-hydrogen) atoms. The van der Waals surface area contributed by atoms with Crippen LogP contribution >= 0.6 is 15.9 Å². The molecule has 1 aliphatic heterocycles. The fourth-order valence-electron chi connectivity index (χ4n) is 4.67. The molecule has 0 saturated carbocycles. The topological polar surface area (TPSA) is 67.2 Å². The molecule has 0 atom stereocenters. The summed E-state index contributed by atoms with van der Waals surface area (Å²) < 4.78 is 16.1. The summed E-state index contributed by atoms with van der Waals surface area (Å²) in [4.78, 5) is 27.2. The Balaban J connectivity index is 1.50. The van der Waals surface area contributed by atoms with Crippen LogP contribution in [0.2, 0.25) is 0 Å². The summed E-state index contributed by atoms with van der Waals surface area (Å²) >= 11 is 3.51. The summed E-state index contributed by atoms with van der Waals surface area (Å²) in [6.45, 7) is 6.77. The smallest absolute Gasteiger partial charge is 0.255 e. The number of carbonyl (C=O) groups is 1. The van der Waals surface area contributed by atoms with E-state index in [-0.39, 0.29) is 11.7 Å². The van der Waals surface area contributed by atoms with Crippen molar-refractivity contribution in [3.05, 3.63) is 75.9 Å². The minimum Gasteiger partial charge on any atom is -0.354 e. The van der Waals surface area contributed by atoms with Crippen LogP contribution in [-0.4, -0.2) is 56.7 Å². The zero-order valence-electron chi connectivity index (χ0n) is 20.4. The summed E-state index contributed by atoms with van der Waals surface area (Å²) in [5.74, 6) is 1.35. The highest BCUT2D eigenvalue weighted by atomic mass is 79.9. The number of benzene rings is 2. The van der Waals surface area contributed by atoms with Crippen molar-refractivity contribution in [2.24, 2.45) is 0 Å². The highest BCUT2D eigenvalue weighted by Crippen LogP contribution is 2.30. The predicted octanol–water partition coefficient (Wildman–Crippen LogP) is 5.33. The SMILES string of the molecule is CCCc1nc(N2CCCN(C(=O)c3ccccc3Br)CC2)c2c(C)nn(-c3ccc(F)cc3)c2n1. The molecule has 0 radical (unpaired) electrons. The van der Waals surface area contributed by atoms with Gasteiger partial charge in [-0.1, -0.05) is 19.1 Å². The van der Waals surface area contributed by atoms with E-state index in [4.69, 9.17) is 15.1 Å². The number of hydrogen-bond acceptors (Lipinski definition) is 5. The minimum atomic E-state index is -0.292. The van der Waals surface area contributed by atoms with Crippen molar-refractivity contribution in [3.63, 3.8) is 0 Å². The molecule has 3 heterocycles. The van der Waals surface area contributed by atoms with Crippen LogP contribution in [0, 0.1) is 12.7 Å². The molecule has 1 fully saturated rings. The third-order valence-electron chi connectivity index (χ3n) is 6.46. The number of rotatable bonds is 5. The van der Waals surface area contributed by atoms with Crippen LogP contribution in [-0.2, 0) is 6.42 Å². The lowest BCUT2D eigenvalue weighted by molar-refractivity contribution is 0.0766. The molecule has 7 nitrogen and oxygen atoms in total. The van der Waals surface area contributed by atoms with Crippen LogP contribution < -0.4 is 4.90 Å². The number of carbonyl (C=O) groups excluding carboxylic acids is 1. The van der Waals surface area contributed by atoms with Crippen LogP contribution in [0.5, 0.6) is 0 Å². The Morgan fingerprint density at radius 1 is 1.03 bits per heavy atom. The van der Waals surface area contributed by atoms with Gasteiger partial charge in [0, 0.05) is 37.1 Å². The van der Waals surface area contributed by atoms with Crippen LogP contribution in [0.3, 0.4) is 0 Å². The molecular weight excluding hydrogens is 523 g/mol. The molecule has 0 spiro atoms. The van der Waals surface area contributed by atoms with Crippen LogP contribution in [0.1, 0.15) is 41.6 Å². The number of nitrogens with zero attached hydrogens (tertiary/aromatic N) is 6. The van der Waals surface area contributed by atoms with Crippen molar-refractivity contribution < 1.29 is 9.18 Å². The Morgan fingerprint density at radius 3 is 2.56 bits per heavy atom. The fraction of sp³-hybridized carbons (Fsp3) is 0.333. The Kier molecular flexibility index (Phi) is 7.00. The number of aromatic nitrogens is 4. The van der Waals surface area contributed by atoms with E-state index in [1.807, 2.05) is 36.1 Å². The largest absolute Gasteiger partial charge is 0.354 e. The van der Waals surface area contributed by atoms with Gasteiger partial charge in [-0.3, -0.25) is 4.79 Å². The summed E-state index contributed by atoms with van der Waals surface area (Å²) in [6.07, 6.45) is 2.50. The van der Waals surface area contributed by atoms with Crippen molar-refractivity contribution in [1.82, 2.24) is 24.6 Å². The third-order valence-corrected chi connectivity index (χ3v) is 7.15. The molecule has 0 unspecified atom stereocenters. The zero-order chi connectivity index (χ0) is 25.2. The first-order valence-corrected chi connectivity index (χ1v) is 13.1. The molecule has 2 aromatic heterocycles. The quantitative estimate of drug-likeness (QED) is 0.336. The lowest BCUT2D eigenvalue weighted by Crippen LogP contribution is -2.35. The monoisotopic (exact) mass is 550 g/mol. The first kappa shape index (κ1) is 24.4. The molecule has 5 rings (SSSR count). The second-order valence-corrected chi connectivity index (χ2v) is 9.85. The van der Waals surface area contributed by atoms with E-state index in [2.05, 4.69) is 27.8 Å². The molecule has 9 heteroatoms. The number of halogens is 2. The second-order valence-electron chi connectivity index (χ2n) is 9.00. The standard InChI is InChI=1S/C27H28BrFN6O/c1-3-7-23-30-25(24-18(2)32-35(26(24)31-23)20-12-10-19(29)11-13-20)33-14-6-15-34(17-16-33)27(36)21-8-4-5-9-22(21)28/h4-5,8-13H,3,6-7,14-17H2,1-2H3. The predicted molar refractivity (Wildman–Crippen MR) is 142 cm³/mol. The molecule has 1 saturated heterocycles. The molecule has 0 aliphatic carbocycles. The van der Waals surface area contributed by atoms with Gasteiger partial charge in [-0.2, -0.15) is 5.10 Å². The molecular formula is C27H28BrFN6O. The van der Waals surface area contributed by atoms with Gasteiger partial charge in [-0.05, 0) is 72.1 Å². The van der Waals surface area contributed by atoms with Gasteiger partial charge in [-0.25, -0.2) is 19.0 Å². The number of fused-ring (bicyclic) bond motifs is 1. The van der Waals surface area contributed by atoms with Gasteiger partial charge in [-0.15, -0.1) is 0 Å². The third kappa shape index (κ3) is 4.72. The lowest BCUT2D eigenvalue weighted by atomic mass is 10.2. The summed E-state index contributed by atoms with van der Waals surface area (Å²) in [5.41, 5.74) is 2.97. The second kappa shape index (κ2) is 10.3. The fourth-order valence-corrected chi connectivity index (χ4v) is 5.12. The van der Waals surface area contributed by atoms with Gasteiger partial charge in [0.1, 0.15) is 17.5 Å². The molecule has 0 N–H and O–H groups in total. The van der Waals surface area contributed by atoms with Crippen molar-refractivity contribution in [1.29, 1.82) is 0 Å². The highest BCUT2D eigenvalue weighted by molar-refractivity contribution is 9.10. The van der Waals surface area contributed by atoms with Gasteiger partial charge in [0.25, 0.3) is 5.91 Å².